The zero-order valence-electron chi connectivity index (χ0n) is 12.9. The molecule has 21 heavy (non-hydrogen) atoms. The number of carbonyl (C=O) groups is 2. The Hall–Kier alpha value is -1.88. The molecule has 1 rings (SSSR count). The number of rotatable bonds is 7. The standard InChI is InChI=1S/C16H24N2O3/c1-12(11-19)17-16(21)14-8-4-6-13(10-14)7-5-9-15(20)18(2)3/h4,6,8,10,12,19H,5,7,9,11H2,1-3H3,(H,17,21). The normalized spacial score (nSPS) is 11.8. The first-order valence-corrected chi connectivity index (χ1v) is 7.15. The summed E-state index contributed by atoms with van der Waals surface area (Å²) in [5.41, 5.74) is 1.61. The Morgan fingerprint density at radius 1 is 1.33 bits per heavy atom. The summed E-state index contributed by atoms with van der Waals surface area (Å²) in [6.07, 6.45) is 2.02. The fourth-order valence-electron chi connectivity index (χ4n) is 1.89. The maximum atomic E-state index is 12.0. The Kier molecular flexibility index (Phi) is 6.88. The van der Waals surface area contributed by atoms with Gasteiger partial charge in [-0.2, -0.15) is 0 Å². The van der Waals surface area contributed by atoms with Crippen molar-refractivity contribution in [3.05, 3.63) is 35.4 Å². The number of nitrogens with one attached hydrogen (secondary N) is 1. The van der Waals surface area contributed by atoms with Gasteiger partial charge in [-0.15, -0.1) is 0 Å². The fourth-order valence-corrected chi connectivity index (χ4v) is 1.89. The van der Waals surface area contributed by atoms with E-state index in [0.29, 0.717) is 12.0 Å². The molecule has 0 bridgehead atoms. The molecular formula is C16H24N2O3. The van der Waals surface area contributed by atoms with Crippen LogP contribution in [-0.2, 0) is 11.2 Å². The molecule has 0 aliphatic carbocycles. The van der Waals surface area contributed by atoms with E-state index in [1.807, 2.05) is 18.2 Å². The summed E-state index contributed by atoms with van der Waals surface area (Å²) in [5, 5.41) is 11.7. The molecule has 0 heterocycles. The van der Waals surface area contributed by atoms with Gasteiger partial charge in [-0.25, -0.2) is 0 Å². The first kappa shape index (κ1) is 17.2. The fraction of sp³-hybridized carbons (Fsp3) is 0.500. The van der Waals surface area contributed by atoms with Crippen molar-refractivity contribution in [1.29, 1.82) is 0 Å². The molecule has 2 N–H and O–H groups in total. The molecule has 1 aromatic rings. The van der Waals surface area contributed by atoms with Crippen LogP contribution in [0.3, 0.4) is 0 Å². The molecule has 2 amide bonds. The molecule has 1 atom stereocenters. The van der Waals surface area contributed by atoms with E-state index >= 15 is 0 Å². The third kappa shape index (κ3) is 5.95. The van der Waals surface area contributed by atoms with Gasteiger partial charge < -0.3 is 15.3 Å². The summed E-state index contributed by atoms with van der Waals surface area (Å²) in [6.45, 7) is 1.66. The molecule has 0 saturated carbocycles. The second-order valence-electron chi connectivity index (χ2n) is 5.40. The number of hydrogen-bond acceptors (Lipinski definition) is 3. The van der Waals surface area contributed by atoms with Crippen LogP contribution in [0.4, 0.5) is 0 Å². The van der Waals surface area contributed by atoms with E-state index in [0.717, 1.165) is 18.4 Å². The molecule has 5 heteroatoms. The van der Waals surface area contributed by atoms with Crippen LogP contribution in [0.15, 0.2) is 24.3 Å². The minimum atomic E-state index is -0.265. The van der Waals surface area contributed by atoms with Crippen molar-refractivity contribution < 1.29 is 14.7 Å². The highest BCUT2D eigenvalue weighted by atomic mass is 16.3. The third-order valence-electron chi connectivity index (χ3n) is 3.20. The van der Waals surface area contributed by atoms with Crippen molar-refractivity contribution in [2.45, 2.75) is 32.2 Å². The Morgan fingerprint density at radius 2 is 2.05 bits per heavy atom. The lowest BCUT2D eigenvalue weighted by atomic mass is 10.0. The minimum Gasteiger partial charge on any atom is -0.394 e. The Bertz CT molecular complexity index is 486. The second-order valence-corrected chi connectivity index (χ2v) is 5.40. The third-order valence-corrected chi connectivity index (χ3v) is 3.20. The van der Waals surface area contributed by atoms with E-state index in [1.54, 1.807) is 32.0 Å². The van der Waals surface area contributed by atoms with E-state index in [1.165, 1.54) is 0 Å². The molecular weight excluding hydrogens is 268 g/mol. The number of aliphatic hydroxyl groups is 1. The van der Waals surface area contributed by atoms with Gasteiger partial charge in [0.1, 0.15) is 0 Å². The number of aryl methyl sites for hydroxylation is 1. The SMILES string of the molecule is CC(CO)NC(=O)c1cccc(CCCC(=O)N(C)C)c1. The highest BCUT2D eigenvalue weighted by molar-refractivity contribution is 5.94. The lowest BCUT2D eigenvalue weighted by Gasteiger charge is -2.12. The summed E-state index contributed by atoms with van der Waals surface area (Å²) in [6, 6.07) is 7.10. The molecule has 0 aliphatic rings. The molecule has 0 fully saturated rings. The van der Waals surface area contributed by atoms with Crippen molar-refractivity contribution in [2.75, 3.05) is 20.7 Å². The number of hydrogen-bond donors (Lipinski definition) is 2. The van der Waals surface area contributed by atoms with Crippen molar-refractivity contribution >= 4 is 11.8 Å². The van der Waals surface area contributed by atoms with E-state index in [2.05, 4.69) is 5.32 Å². The molecule has 0 radical (unpaired) electrons. The number of carbonyl (C=O) groups excluding carboxylic acids is 2. The molecule has 0 saturated heterocycles. The van der Waals surface area contributed by atoms with Crippen molar-refractivity contribution in [3.8, 4) is 0 Å². The Balaban J connectivity index is 2.56. The van der Waals surface area contributed by atoms with Gasteiger partial charge in [0.15, 0.2) is 0 Å². The molecule has 5 nitrogen and oxygen atoms in total. The smallest absolute Gasteiger partial charge is 0.251 e. The summed E-state index contributed by atoms with van der Waals surface area (Å²) < 4.78 is 0. The van der Waals surface area contributed by atoms with Crippen LogP contribution in [0, 0.1) is 0 Å². The predicted molar refractivity (Wildman–Crippen MR) is 82.1 cm³/mol. The molecule has 116 valence electrons. The summed E-state index contributed by atoms with van der Waals surface area (Å²) in [5.74, 6) is -0.0802. The minimum absolute atomic E-state index is 0.0852. The van der Waals surface area contributed by atoms with Crippen LogP contribution < -0.4 is 5.32 Å². The number of benzene rings is 1. The number of aliphatic hydroxyl groups excluding tert-OH is 1. The molecule has 1 unspecified atom stereocenters. The van der Waals surface area contributed by atoms with E-state index < -0.39 is 0 Å². The van der Waals surface area contributed by atoms with Crippen LogP contribution in [-0.4, -0.2) is 48.6 Å². The predicted octanol–water partition coefficient (Wildman–Crippen LogP) is 1.21. The zero-order valence-corrected chi connectivity index (χ0v) is 12.9. The lowest BCUT2D eigenvalue weighted by molar-refractivity contribution is -0.128. The zero-order chi connectivity index (χ0) is 15.8. The Morgan fingerprint density at radius 3 is 2.67 bits per heavy atom. The van der Waals surface area contributed by atoms with Crippen LogP contribution in [0.25, 0.3) is 0 Å². The van der Waals surface area contributed by atoms with Gasteiger partial charge in [-0.05, 0) is 37.5 Å². The summed E-state index contributed by atoms with van der Waals surface area (Å²) >= 11 is 0. The highest BCUT2D eigenvalue weighted by Gasteiger charge is 2.10. The largest absolute Gasteiger partial charge is 0.394 e. The van der Waals surface area contributed by atoms with E-state index in [-0.39, 0.29) is 24.5 Å². The highest BCUT2D eigenvalue weighted by Crippen LogP contribution is 2.09. The molecule has 0 aliphatic heterocycles. The van der Waals surface area contributed by atoms with Crippen LogP contribution >= 0.6 is 0 Å². The average molecular weight is 292 g/mol. The van der Waals surface area contributed by atoms with Crippen molar-refractivity contribution in [3.63, 3.8) is 0 Å². The molecule has 0 aromatic heterocycles. The maximum absolute atomic E-state index is 12.0. The van der Waals surface area contributed by atoms with Crippen molar-refractivity contribution in [1.82, 2.24) is 10.2 Å². The monoisotopic (exact) mass is 292 g/mol. The first-order valence-electron chi connectivity index (χ1n) is 7.15. The number of nitrogens with zero attached hydrogens (tertiary/aromatic N) is 1. The van der Waals surface area contributed by atoms with Gasteiger partial charge in [0, 0.05) is 32.1 Å². The second kappa shape index (κ2) is 8.42. The summed E-state index contributed by atoms with van der Waals surface area (Å²) in [7, 11) is 3.49. The Labute approximate surface area is 126 Å². The average Bonchev–Trinajstić information content (AvgIpc) is 2.47. The lowest BCUT2D eigenvalue weighted by Crippen LogP contribution is -2.35. The maximum Gasteiger partial charge on any atom is 0.251 e. The van der Waals surface area contributed by atoms with Crippen molar-refractivity contribution in [2.24, 2.45) is 0 Å². The van der Waals surface area contributed by atoms with Gasteiger partial charge in [-0.1, -0.05) is 12.1 Å². The van der Waals surface area contributed by atoms with Crippen LogP contribution in [0.2, 0.25) is 0 Å². The first-order chi connectivity index (χ1) is 9.93. The van der Waals surface area contributed by atoms with Gasteiger partial charge in [-0.3, -0.25) is 9.59 Å². The van der Waals surface area contributed by atoms with Gasteiger partial charge in [0.05, 0.1) is 6.61 Å². The summed E-state index contributed by atoms with van der Waals surface area (Å²) in [4.78, 5) is 25.0. The van der Waals surface area contributed by atoms with Gasteiger partial charge in [0.25, 0.3) is 5.91 Å². The topological polar surface area (TPSA) is 69.6 Å². The van der Waals surface area contributed by atoms with E-state index in [4.69, 9.17) is 5.11 Å². The van der Waals surface area contributed by atoms with Crippen LogP contribution in [0.5, 0.6) is 0 Å². The quantitative estimate of drug-likeness (QED) is 0.793. The van der Waals surface area contributed by atoms with Crippen LogP contribution in [0.1, 0.15) is 35.7 Å². The van der Waals surface area contributed by atoms with Gasteiger partial charge >= 0.3 is 0 Å². The van der Waals surface area contributed by atoms with Gasteiger partial charge in [0.2, 0.25) is 5.91 Å². The number of amides is 2. The molecule has 1 aromatic carbocycles. The van der Waals surface area contributed by atoms with E-state index in [9.17, 15) is 9.59 Å². The molecule has 0 spiro atoms.